The smallest absolute Gasteiger partial charge is 0.333 e. The Balaban J connectivity index is 1.77. The molecule has 1 aliphatic rings. The van der Waals surface area contributed by atoms with E-state index in [1.807, 2.05) is 29.9 Å². The summed E-state index contributed by atoms with van der Waals surface area (Å²) in [5.74, 6) is -3.56. The van der Waals surface area contributed by atoms with Gasteiger partial charge in [0.1, 0.15) is 11.9 Å². The van der Waals surface area contributed by atoms with E-state index in [4.69, 9.17) is 9.47 Å². The van der Waals surface area contributed by atoms with E-state index in [2.05, 4.69) is 0 Å². The molecule has 1 heterocycles. The number of ketones is 1. The van der Waals surface area contributed by atoms with Gasteiger partial charge in [-0.2, -0.15) is 0 Å². The Kier molecular flexibility index (Phi) is 3.90. The van der Waals surface area contributed by atoms with Gasteiger partial charge in [-0.3, -0.25) is 14.4 Å². The van der Waals surface area contributed by atoms with E-state index < -0.39 is 23.6 Å². The maximum absolute atomic E-state index is 12.2. The van der Waals surface area contributed by atoms with Gasteiger partial charge in [-0.15, -0.1) is 0 Å². The third-order valence-electron chi connectivity index (χ3n) is 3.76. The fourth-order valence-electron chi connectivity index (χ4n) is 2.33. The van der Waals surface area contributed by atoms with Crippen LogP contribution in [0.25, 0.3) is 10.9 Å². The number of aromatic nitrogens is 1. The molecule has 0 N–H and O–H groups in total. The van der Waals surface area contributed by atoms with Gasteiger partial charge in [0.25, 0.3) is 0 Å². The van der Waals surface area contributed by atoms with Crippen molar-refractivity contribution in [2.45, 2.75) is 25.9 Å². The lowest BCUT2D eigenvalue weighted by atomic mass is 10.1. The third kappa shape index (κ3) is 3.26. The third-order valence-corrected chi connectivity index (χ3v) is 3.76. The highest BCUT2D eigenvalue weighted by atomic mass is 16.6. The summed E-state index contributed by atoms with van der Waals surface area (Å²) in [6, 6.07) is 7.07. The van der Waals surface area contributed by atoms with Crippen molar-refractivity contribution in [2.75, 3.05) is 0 Å². The minimum absolute atomic E-state index is 0.170. The molecule has 120 valence electrons. The summed E-state index contributed by atoms with van der Waals surface area (Å²) in [5, 5.41) is 1.00. The quantitative estimate of drug-likeness (QED) is 0.479. The lowest BCUT2D eigenvalue weighted by molar-refractivity contribution is -0.160. The SMILES string of the molecule is CC(=O)C(C(=O)Oc1ccc2ccn(C)c2c1)C(=O)OC1CC1. The Morgan fingerprint density at radius 3 is 2.57 bits per heavy atom. The fourth-order valence-corrected chi connectivity index (χ4v) is 2.33. The first kappa shape index (κ1) is 15.3. The molecule has 6 heteroatoms. The second-order valence-electron chi connectivity index (χ2n) is 5.75. The van der Waals surface area contributed by atoms with Crippen LogP contribution in [0.15, 0.2) is 30.5 Å². The van der Waals surface area contributed by atoms with Crippen LogP contribution < -0.4 is 4.74 Å². The first-order valence-corrected chi connectivity index (χ1v) is 7.43. The molecule has 1 saturated carbocycles. The molecule has 0 aliphatic heterocycles. The van der Waals surface area contributed by atoms with E-state index in [-0.39, 0.29) is 11.9 Å². The number of hydrogen-bond donors (Lipinski definition) is 0. The van der Waals surface area contributed by atoms with Crippen LogP contribution >= 0.6 is 0 Å². The van der Waals surface area contributed by atoms with Crippen LogP contribution in [-0.2, 0) is 26.2 Å². The molecule has 23 heavy (non-hydrogen) atoms. The van der Waals surface area contributed by atoms with E-state index in [9.17, 15) is 14.4 Å². The summed E-state index contributed by atoms with van der Waals surface area (Å²) in [5.41, 5.74) is 0.884. The fraction of sp³-hybridized carbons (Fsp3) is 0.353. The molecule has 1 atom stereocenters. The Labute approximate surface area is 133 Å². The maximum atomic E-state index is 12.2. The molecule has 0 spiro atoms. The van der Waals surface area contributed by atoms with Gasteiger partial charge in [0.15, 0.2) is 5.78 Å². The van der Waals surface area contributed by atoms with E-state index in [0.29, 0.717) is 0 Å². The topological polar surface area (TPSA) is 74.6 Å². The predicted molar refractivity (Wildman–Crippen MR) is 81.8 cm³/mol. The van der Waals surface area contributed by atoms with Gasteiger partial charge in [-0.05, 0) is 43.4 Å². The van der Waals surface area contributed by atoms with Gasteiger partial charge in [0.05, 0.1) is 5.52 Å². The predicted octanol–water partition coefficient (Wildman–Crippen LogP) is 1.99. The number of hydrogen-bond acceptors (Lipinski definition) is 5. The molecular formula is C17H17NO5. The highest BCUT2D eigenvalue weighted by Gasteiger charge is 2.38. The second-order valence-corrected chi connectivity index (χ2v) is 5.75. The number of aryl methyl sites for hydroxylation is 1. The van der Waals surface area contributed by atoms with Crippen LogP contribution in [0.3, 0.4) is 0 Å². The number of esters is 2. The van der Waals surface area contributed by atoms with Crippen LogP contribution in [0.4, 0.5) is 0 Å². The van der Waals surface area contributed by atoms with E-state index in [1.165, 1.54) is 6.92 Å². The van der Waals surface area contributed by atoms with E-state index in [1.54, 1.807) is 12.1 Å². The molecule has 0 saturated heterocycles. The Hall–Kier alpha value is -2.63. The number of nitrogens with zero attached hydrogens (tertiary/aromatic N) is 1. The molecule has 1 aliphatic carbocycles. The maximum Gasteiger partial charge on any atom is 0.333 e. The largest absolute Gasteiger partial charge is 0.461 e. The molecule has 0 amide bonds. The Bertz CT molecular complexity index is 787. The molecule has 0 bridgehead atoms. The van der Waals surface area contributed by atoms with E-state index in [0.717, 1.165) is 23.7 Å². The molecule has 1 unspecified atom stereocenters. The zero-order valence-corrected chi connectivity index (χ0v) is 12.9. The lowest BCUT2D eigenvalue weighted by Gasteiger charge is -2.12. The zero-order valence-electron chi connectivity index (χ0n) is 12.9. The van der Waals surface area contributed by atoms with Gasteiger partial charge in [-0.25, -0.2) is 0 Å². The molecule has 1 aromatic heterocycles. The highest BCUT2D eigenvalue weighted by Crippen LogP contribution is 2.26. The number of benzene rings is 1. The van der Waals surface area contributed by atoms with Crippen LogP contribution in [-0.4, -0.2) is 28.4 Å². The zero-order chi connectivity index (χ0) is 16.6. The first-order valence-electron chi connectivity index (χ1n) is 7.43. The number of Topliss-reactive ketones (excluding diaryl/α,β-unsaturated/α-hetero) is 1. The number of carbonyl (C=O) groups is 3. The number of rotatable bonds is 5. The van der Waals surface area contributed by atoms with Gasteiger partial charge in [-0.1, -0.05) is 0 Å². The molecule has 0 radical (unpaired) electrons. The van der Waals surface area contributed by atoms with Crippen molar-refractivity contribution in [1.82, 2.24) is 4.57 Å². The summed E-state index contributed by atoms with van der Waals surface area (Å²) in [7, 11) is 1.87. The summed E-state index contributed by atoms with van der Waals surface area (Å²) in [4.78, 5) is 35.8. The van der Waals surface area contributed by atoms with Crippen LogP contribution in [0.5, 0.6) is 5.75 Å². The van der Waals surface area contributed by atoms with Crippen molar-refractivity contribution >= 4 is 28.6 Å². The second kappa shape index (κ2) is 5.87. The van der Waals surface area contributed by atoms with E-state index >= 15 is 0 Å². The Morgan fingerprint density at radius 2 is 1.91 bits per heavy atom. The minimum Gasteiger partial charge on any atom is -0.461 e. The van der Waals surface area contributed by atoms with Crippen LogP contribution in [0, 0.1) is 5.92 Å². The van der Waals surface area contributed by atoms with Gasteiger partial charge < -0.3 is 14.0 Å². The van der Waals surface area contributed by atoms with Gasteiger partial charge >= 0.3 is 11.9 Å². The number of fused-ring (bicyclic) bond motifs is 1. The van der Waals surface area contributed by atoms with Crippen molar-refractivity contribution in [2.24, 2.45) is 13.0 Å². The van der Waals surface area contributed by atoms with Crippen molar-refractivity contribution in [3.8, 4) is 5.75 Å². The molecule has 3 rings (SSSR count). The number of carbonyl (C=O) groups excluding carboxylic acids is 3. The standard InChI is InChI=1S/C17H17NO5/c1-10(19)15(16(20)22-12-5-6-12)17(21)23-13-4-3-11-7-8-18(2)14(11)9-13/h3-4,7-9,12,15H,5-6H2,1-2H3. The summed E-state index contributed by atoms with van der Waals surface area (Å²) < 4.78 is 12.2. The van der Waals surface area contributed by atoms with Crippen LogP contribution in [0.2, 0.25) is 0 Å². The van der Waals surface area contributed by atoms with Crippen molar-refractivity contribution in [3.05, 3.63) is 30.5 Å². The average Bonchev–Trinajstić information content (AvgIpc) is 3.21. The average molecular weight is 315 g/mol. The van der Waals surface area contributed by atoms with Gasteiger partial charge in [0.2, 0.25) is 5.92 Å². The summed E-state index contributed by atoms with van der Waals surface area (Å²) in [6.45, 7) is 1.18. The normalized spacial score (nSPS) is 15.2. The molecule has 6 nitrogen and oxygen atoms in total. The van der Waals surface area contributed by atoms with Crippen molar-refractivity contribution in [1.29, 1.82) is 0 Å². The molecule has 1 fully saturated rings. The highest BCUT2D eigenvalue weighted by molar-refractivity contribution is 6.14. The Morgan fingerprint density at radius 1 is 1.17 bits per heavy atom. The van der Waals surface area contributed by atoms with Crippen molar-refractivity contribution in [3.63, 3.8) is 0 Å². The first-order chi connectivity index (χ1) is 11.0. The van der Waals surface area contributed by atoms with Crippen LogP contribution in [0.1, 0.15) is 19.8 Å². The molecular weight excluding hydrogens is 298 g/mol. The minimum atomic E-state index is -1.53. The lowest BCUT2D eigenvalue weighted by Crippen LogP contribution is -2.35. The molecule has 2 aromatic rings. The number of ether oxygens (including phenoxy) is 2. The summed E-state index contributed by atoms with van der Waals surface area (Å²) >= 11 is 0. The summed E-state index contributed by atoms with van der Waals surface area (Å²) in [6.07, 6.45) is 3.27. The monoisotopic (exact) mass is 315 g/mol. The molecule has 1 aromatic carbocycles. The van der Waals surface area contributed by atoms with Gasteiger partial charge in [0, 0.05) is 19.3 Å². The van der Waals surface area contributed by atoms with Crippen molar-refractivity contribution < 1.29 is 23.9 Å².